The van der Waals surface area contributed by atoms with Crippen molar-refractivity contribution in [2.75, 3.05) is 0 Å². The lowest BCUT2D eigenvalue weighted by molar-refractivity contribution is 0.636. The van der Waals surface area contributed by atoms with Crippen LogP contribution in [-0.2, 0) is 0 Å². The first kappa shape index (κ1) is 13.3. The lowest BCUT2D eigenvalue weighted by Gasteiger charge is -2.18. The molecule has 0 bridgehead atoms. The number of nitrogens with one attached hydrogen (secondary N) is 1. The molecule has 2 aromatic rings. The van der Waals surface area contributed by atoms with Gasteiger partial charge in [-0.3, -0.25) is 5.84 Å². The predicted octanol–water partition coefficient (Wildman–Crippen LogP) is 3.62. The largest absolute Gasteiger partial charge is 0.271 e. The minimum absolute atomic E-state index is 0.0156. The number of hydrogen-bond acceptors (Lipinski definition) is 2. The molecular formula is C15H17BrN2. The Balaban J connectivity index is 2.42. The van der Waals surface area contributed by atoms with Crippen LogP contribution in [0.15, 0.2) is 46.9 Å². The van der Waals surface area contributed by atoms with Crippen molar-refractivity contribution in [1.82, 2.24) is 5.43 Å². The van der Waals surface area contributed by atoms with Crippen molar-refractivity contribution in [3.8, 4) is 0 Å². The highest BCUT2D eigenvalue weighted by atomic mass is 79.9. The molecule has 0 saturated heterocycles. The average Bonchev–Trinajstić information content (AvgIpc) is 2.35. The second-order valence-corrected chi connectivity index (χ2v) is 5.41. The highest BCUT2D eigenvalue weighted by molar-refractivity contribution is 9.10. The van der Waals surface area contributed by atoms with Gasteiger partial charge in [-0.25, -0.2) is 5.43 Å². The number of hydrazine groups is 1. The van der Waals surface area contributed by atoms with Crippen LogP contribution in [0.5, 0.6) is 0 Å². The van der Waals surface area contributed by atoms with Gasteiger partial charge in [-0.15, -0.1) is 0 Å². The Hall–Kier alpha value is -1.16. The molecule has 0 aliphatic rings. The molecule has 2 rings (SSSR count). The van der Waals surface area contributed by atoms with E-state index < -0.39 is 0 Å². The predicted molar refractivity (Wildman–Crippen MR) is 79.2 cm³/mol. The van der Waals surface area contributed by atoms with Gasteiger partial charge in [-0.2, -0.15) is 0 Å². The van der Waals surface area contributed by atoms with E-state index in [1.165, 1.54) is 16.7 Å². The molecule has 0 saturated carbocycles. The maximum Gasteiger partial charge on any atom is 0.0710 e. The zero-order chi connectivity index (χ0) is 13.1. The number of nitrogens with two attached hydrogens (primary N) is 1. The molecule has 3 heteroatoms. The maximum atomic E-state index is 5.71. The van der Waals surface area contributed by atoms with E-state index in [0.29, 0.717) is 0 Å². The summed E-state index contributed by atoms with van der Waals surface area (Å²) < 4.78 is 1.06. The zero-order valence-corrected chi connectivity index (χ0v) is 12.2. The Morgan fingerprint density at radius 3 is 2.33 bits per heavy atom. The summed E-state index contributed by atoms with van der Waals surface area (Å²) in [5.41, 5.74) is 7.79. The summed E-state index contributed by atoms with van der Waals surface area (Å²) in [6, 6.07) is 14.6. The molecule has 0 amide bonds. The van der Waals surface area contributed by atoms with E-state index >= 15 is 0 Å². The van der Waals surface area contributed by atoms with Crippen LogP contribution in [-0.4, -0.2) is 0 Å². The minimum atomic E-state index is 0.0156. The molecule has 18 heavy (non-hydrogen) atoms. The Morgan fingerprint density at radius 1 is 1.00 bits per heavy atom. The molecular weight excluding hydrogens is 288 g/mol. The molecule has 0 aromatic heterocycles. The monoisotopic (exact) mass is 304 g/mol. The van der Waals surface area contributed by atoms with Gasteiger partial charge in [0.1, 0.15) is 0 Å². The molecule has 94 valence electrons. The van der Waals surface area contributed by atoms with Crippen LogP contribution >= 0.6 is 15.9 Å². The van der Waals surface area contributed by atoms with Crippen LogP contribution in [0.3, 0.4) is 0 Å². The van der Waals surface area contributed by atoms with E-state index in [4.69, 9.17) is 5.84 Å². The first-order valence-electron chi connectivity index (χ1n) is 5.90. The standard InChI is InChI=1S/C15H17BrN2/c1-10-6-7-13(8-11(10)2)15(18-17)12-4-3-5-14(16)9-12/h3-9,15,18H,17H2,1-2H3. The molecule has 3 N–H and O–H groups in total. The van der Waals surface area contributed by atoms with Crippen LogP contribution in [0.25, 0.3) is 0 Å². The van der Waals surface area contributed by atoms with Gasteiger partial charge in [0.15, 0.2) is 0 Å². The van der Waals surface area contributed by atoms with Crippen molar-refractivity contribution in [3.05, 3.63) is 69.2 Å². The van der Waals surface area contributed by atoms with E-state index in [0.717, 1.165) is 10.0 Å². The van der Waals surface area contributed by atoms with E-state index in [-0.39, 0.29) is 6.04 Å². The Morgan fingerprint density at radius 2 is 1.72 bits per heavy atom. The summed E-state index contributed by atoms with van der Waals surface area (Å²) in [5.74, 6) is 5.71. The molecule has 0 aliphatic heterocycles. The van der Waals surface area contributed by atoms with Crippen LogP contribution < -0.4 is 11.3 Å². The van der Waals surface area contributed by atoms with Crippen molar-refractivity contribution < 1.29 is 0 Å². The van der Waals surface area contributed by atoms with Crippen molar-refractivity contribution >= 4 is 15.9 Å². The number of benzene rings is 2. The highest BCUT2D eigenvalue weighted by Crippen LogP contribution is 2.25. The summed E-state index contributed by atoms with van der Waals surface area (Å²) in [5, 5.41) is 0. The fourth-order valence-corrected chi connectivity index (χ4v) is 2.43. The van der Waals surface area contributed by atoms with Gasteiger partial charge in [0, 0.05) is 4.47 Å². The lowest BCUT2D eigenvalue weighted by Crippen LogP contribution is -2.28. The van der Waals surface area contributed by atoms with Crippen molar-refractivity contribution in [2.24, 2.45) is 5.84 Å². The average molecular weight is 305 g/mol. The van der Waals surface area contributed by atoms with E-state index in [1.54, 1.807) is 0 Å². The van der Waals surface area contributed by atoms with Gasteiger partial charge >= 0.3 is 0 Å². The zero-order valence-electron chi connectivity index (χ0n) is 10.6. The number of rotatable bonds is 3. The van der Waals surface area contributed by atoms with Gasteiger partial charge in [0.05, 0.1) is 6.04 Å². The molecule has 0 heterocycles. The fraction of sp³-hybridized carbons (Fsp3) is 0.200. The Labute approximate surface area is 116 Å². The Bertz CT molecular complexity index is 552. The van der Waals surface area contributed by atoms with Gasteiger partial charge in [-0.05, 0) is 48.2 Å². The summed E-state index contributed by atoms with van der Waals surface area (Å²) in [6.07, 6.45) is 0. The van der Waals surface area contributed by atoms with Crippen LogP contribution in [0.4, 0.5) is 0 Å². The second kappa shape index (κ2) is 5.65. The van der Waals surface area contributed by atoms with Gasteiger partial charge in [-0.1, -0.05) is 46.3 Å². The summed E-state index contributed by atoms with van der Waals surface area (Å²) in [7, 11) is 0. The summed E-state index contributed by atoms with van der Waals surface area (Å²) in [4.78, 5) is 0. The number of aryl methyl sites for hydroxylation is 2. The molecule has 1 atom stereocenters. The number of hydrogen-bond donors (Lipinski definition) is 2. The van der Waals surface area contributed by atoms with Gasteiger partial charge in [0.25, 0.3) is 0 Å². The van der Waals surface area contributed by atoms with Crippen LogP contribution in [0.2, 0.25) is 0 Å². The first-order chi connectivity index (χ1) is 8.61. The Kier molecular flexibility index (Phi) is 4.17. The summed E-state index contributed by atoms with van der Waals surface area (Å²) in [6.45, 7) is 4.23. The van der Waals surface area contributed by atoms with Crippen molar-refractivity contribution in [3.63, 3.8) is 0 Å². The van der Waals surface area contributed by atoms with Gasteiger partial charge in [0.2, 0.25) is 0 Å². The molecule has 0 radical (unpaired) electrons. The first-order valence-corrected chi connectivity index (χ1v) is 6.70. The third-order valence-electron chi connectivity index (χ3n) is 3.21. The quantitative estimate of drug-likeness (QED) is 0.671. The topological polar surface area (TPSA) is 38.0 Å². The van der Waals surface area contributed by atoms with E-state index in [9.17, 15) is 0 Å². The number of halogens is 1. The molecule has 0 fully saturated rings. The normalized spacial score (nSPS) is 12.4. The molecule has 2 nitrogen and oxygen atoms in total. The minimum Gasteiger partial charge on any atom is -0.271 e. The third-order valence-corrected chi connectivity index (χ3v) is 3.71. The van der Waals surface area contributed by atoms with Crippen LogP contribution in [0.1, 0.15) is 28.3 Å². The van der Waals surface area contributed by atoms with Crippen molar-refractivity contribution in [2.45, 2.75) is 19.9 Å². The molecule has 0 aliphatic carbocycles. The van der Waals surface area contributed by atoms with Gasteiger partial charge < -0.3 is 0 Å². The summed E-state index contributed by atoms with van der Waals surface area (Å²) >= 11 is 3.49. The van der Waals surface area contributed by atoms with E-state index in [2.05, 4.69) is 65.5 Å². The molecule has 1 unspecified atom stereocenters. The molecule has 2 aromatic carbocycles. The van der Waals surface area contributed by atoms with Crippen LogP contribution in [0, 0.1) is 13.8 Å². The fourth-order valence-electron chi connectivity index (χ4n) is 2.02. The van der Waals surface area contributed by atoms with Crippen molar-refractivity contribution in [1.29, 1.82) is 0 Å². The third kappa shape index (κ3) is 2.80. The van der Waals surface area contributed by atoms with E-state index in [1.807, 2.05) is 12.1 Å². The second-order valence-electron chi connectivity index (χ2n) is 4.50. The molecule has 0 spiro atoms. The smallest absolute Gasteiger partial charge is 0.0710 e. The maximum absolute atomic E-state index is 5.71. The SMILES string of the molecule is Cc1ccc(C(NN)c2cccc(Br)c2)cc1C. The lowest BCUT2D eigenvalue weighted by atomic mass is 9.96. The highest BCUT2D eigenvalue weighted by Gasteiger charge is 2.13.